The average molecular weight is 363 g/mol. The van der Waals surface area contributed by atoms with Crippen LogP contribution in [0, 0.1) is 13.8 Å². The van der Waals surface area contributed by atoms with Crippen LogP contribution in [0.25, 0.3) is 0 Å². The van der Waals surface area contributed by atoms with Gasteiger partial charge in [-0.05, 0) is 61.4 Å². The van der Waals surface area contributed by atoms with Crippen molar-refractivity contribution >= 4 is 24.0 Å². The first-order chi connectivity index (χ1) is 11.6. The standard InChI is InChI=1S/C19H22N2O3.ClH/c1-13-9-14(2)11-17(10-13)24-16-5-3-15(4-6-16)21-19(22)18-12-23-8-7-20-18;/h3-6,9-11,18,20H,7-8,12H2,1-2H3,(H,21,22);1H. The summed E-state index contributed by atoms with van der Waals surface area (Å²) >= 11 is 0. The highest BCUT2D eigenvalue weighted by atomic mass is 35.5. The minimum absolute atomic E-state index is 0. The third kappa shape index (κ3) is 5.46. The molecule has 1 heterocycles. The fourth-order valence-corrected chi connectivity index (χ4v) is 2.70. The lowest BCUT2D eigenvalue weighted by Gasteiger charge is -2.22. The van der Waals surface area contributed by atoms with Crippen molar-refractivity contribution in [1.82, 2.24) is 5.32 Å². The second-order valence-electron chi connectivity index (χ2n) is 6.02. The molecule has 2 N–H and O–H groups in total. The topological polar surface area (TPSA) is 59.6 Å². The number of carbonyl (C=O) groups is 1. The number of rotatable bonds is 4. The number of amides is 1. The number of aryl methyl sites for hydroxylation is 2. The van der Waals surface area contributed by atoms with Gasteiger partial charge in [-0.1, -0.05) is 6.07 Å². The number of halogens is 1. The minimum atomic E-state index is -0.301. The molecule has 1 aliphatic heterocycles. The van der Waals surface area contributed by atoms with Crippen LogP contribution in [0.15, 0.2) is 42.5 Å². The first-order valence-electron chi connectivity index (χ1n) is 8.08. The molecule has 3 rings (SSSR count). The molecule has 1 saturated heterocycles. The van der Waals surface area contributed by atoms with Crippen molar-refractivity contribution in [2.45, 2.75) is 19.9 Å². The molecule has 25 heavy (non-hydrogen) atoms. The summed E-state index contributed by atoms with van der Waals surface area (Å²) in [5, 5.41) is 6.02. The molecule has 5 nitrogen and oxygen atoms in total. The quantitative estimate of drug-likeness (QED) is 0.874. The van der Waals surface area contributed by atoms with Gasteiger partial charge in [-0.25, -0.2) is 0 Å². The predicted molar refractivity (Wildman–Crippen MR) is 101 cm³/mol. The minimum Gasteiger partial charge on any atom is -0.457 e. The molecule has 0 aliphatic carbocycles. The van der Waals surface area contributed by atoms with Crippen LogP contribution >= 0.6 is 12.4 Å². The zero-order chi connectivity index (χ0) is 16.9. The van der Waals surface area contributed by atoms with Crippen LogP contribution in [0.4, 0.5) is 5.69 Å². The lowest BCUT2D eigenvalue weighted by atomic mass is 10.1. The molecule has 0 saturated carbocycles. The van der Waals surface area contributed by atoms with Crippen molar-refractivity contribution in [3.8, 4) is 11.5 Å². The molecule has 1 amide bonds. The van der Waals surface area contributed by atoms with E-state index in [0.29, 0.717) is 19.8 Å². The van der Waals surface area contributed by atoms with Crippen LogP contribution in [0.3, 0.4) is 0 Å². The van der Waals surface area contributed by atoms with Gasteiger partial charge in [0, 0.05) is 12.2 Å². The maximum Gasteiger partial charge on any atom is 0.243 e. The van der Waals surface area contributed by atoms with E-state index < -0.39 is 0 Å². The molecule has 2 aromatic rings. The Bertz CT molecular complexity index is 693. The van der Waals surface area contributed by atoms with E-state index in [0.717, 1.165) is 28.3 Å². The Morgan fingerprint density at radius 2 is 1.80 bits per heavy atom. The maximum atomic E-state index is 12.1. The van der Waals surface area contributed by atoms with Gasteiger partial charge >= 0.3 is 0 Å². The van der Waals surface area contributed by atoms with Crippen molar-refractivity contribution in [2.75, 3.05) is 25.1 Å². The number of nitrogens with one attached hydrogen (secondary N) is 2. The van der Waals surface area contributed by atoms with Gasteiger partial charge in [0.2, 0.25) is 5.91 Å². The summed E-state index contributed by atoms with van der Waals surface area (Å²) in [6.07, 6.45) is 0. The second-order valence-corrected chi connectivity index (χ2v) is 6.02. The van der Waals surface area contributed by atoms with Crippen LogP contribution in [0.2, 0.25) is 0 Å². The monoisotopic (exact) mass is 362 g/mol. The Kier molecular flexibility index (Phi) is 6.82. The highest BCUT2D eigenvalue weighted by molar-refractivity contribution is 5.95. The molecule has 1 unspecified atom stereocenters. The van der Waals surface area contributed by atoms with Crippen LogP contribution in [0.5, 0.6) is 11.5 Å². The molecule has 2 aromatic carbocycles. The molecule has 0 radical (unpaired) electrons. The summed E-state index contributed by atoms with van der Waals surface area (Å²) < 4.78 is 11.2. The molecular weight excluding hydrogens is 340 g/mol. The van der Waals surface area contributed by atoms with Gasteiger partial charge in [-0.2, -0.15) is 0 Å². The average Bonchev–Trinajstić information content (AvgIpc) is 2.56. The molecule has 0 bridgehead atoms. The largest absolute Gasteiger partial charge is 0.457 e. The van der Waals surface area contributed by atoms with Gasteiger partial charge in [0.05, 0.1) is 13.2 Å². The van der Waals surface area contributed by atoms with E-state index >= 15 is 0 Å². The third-order valence-corrected chi connectivity index (χ3v) is 3.79. The van der Waals surface area contributed by atoms with Crippen molar-refractivity contribution < 1.29 is 14.3 Å². The molecule has 0 spiro atoms. The smallest absolute Gasteiger partial charge is 0.243 e. The van der Waals surface area contributed by atoms with Crippen molar-refractivity contribution in [2.24, 2.45) is 0 Å². The summed E-state index contributed by atoms with van der Waals surface area (Å²) in [4.78, 5) is 12.1. The van der Waals surface area contributed by atoms with E-state index in [4.69, 9.17) is 9.47 Å². The van der Waals surface area contributed by atoms with E-state index in [2.05, 4.69) is 16.7 Å². The van der Waals surface area contributed by atoms with Crippen LogP contribution in [-0.4, -0.2) is 31.7 Å². The molecule has 1 atom stereocenters. The summed E-state index contributed by atoms with van der Waals surface area (Å²) in [6, 6.07) is 13.2. The molecule has 6 heteroatoms. The third-order valence-electron chi connectivity index (χ3n) is 3.79. The van der Waals surface area contributed by atoms with Crippen molar-refractivity contribution in [3.05, 3.63) is 53.6 Å². The summed E-state index contributed by atoms with van der Waals surface area (Å²) in [5.41, 5.74) is 3.06. The molecule has 134 valence electrons. The molecular formula is C19H23ClN2O3. The van der Waals surface area contributed by atoms with Gasteiger partial charge in [0.25, 0.3) is 0 Å². The highest BCUT2D eigenvalue weighted by Crippen LogP contribution is 2.25. The van der Waals surface area contributed by atoms with Gasteiger partial charge in [0.15, 0.2) is 0 Å². The molecule has 1 aliphatic rings. The number of anilines is 1. The summed E-state index contributed by atoms with van der Waals surface area (Å²) in [5.74, 6) is 1.46. The molecule has 1 fully saturated rings. The zero-order valence-electron chi connectivity index (χ0n) is 14.4. The van der Waals surface area contributed by atoms with Crippen molar-refractivity contribution in [3.63, 3.8) is 0 Å². The number of hydrogen-bond donors (Lipinski definition) is 2. The lowest BCUT2D eigenvalue weighted by Crippen LogP contribution is -2.48. The Balaban J connectivity index is 0.00000225. The fourth-order valence-electron chi connectivity index (χ4n) is 2.70. The Hall–Kier alpha value is -2.08. The van der Waals surface area contributed by atoms with Crippen LogP contribution in [-0.2, 0) is 9.53 Å². The Morgan fingerprint density at radius 3 is 2.40 bits per heavy atom. The normalized spacial score (nSPS) is 16.6. The van der Waals surface area contributed by atoms with Gasteiger partial charge in [-0.15, -0.1) is 12.4 Å². The van der Waals surface area contributed by atoms with E-state index in [1.165, 1.54) is 0 Å². The molecule has 0 aromatic heterocycles. The fraction of sp³-hybridized carbons (Fsp3) is 0.316. The zero-order valence-corrected chi connectivity index (χ0v) is 15.2. The number of carbonyl (C=O) groups excluding carboxylic acids is 1. The second kappa shape index (κ2) is 8.85. The van der Waals surface area contributed by atoms with E-state index in [9.17, 15) is 4.79 Å². The number of hydrogen-bond acceptors (Lipinski definition) is 4. The van der Waals surface area contributed by atoms with Gasteiger partial charge in [-0.3, -0.25) is 4.79 Å². The van der Waals surface area contributed by atoms with Crippen LogP contribution < -0.4 is 15.4 Å². The Morgan fingerprint density at radius 1 is 1.12 bits per heavy atom. The van der Waals surface area contributed by atoms with E-state index in [1.54, 1.807) is 0 Å². The van der Waals surface area contributed by atoms with Gasteiger partial charge in [0.1, 0.15) is 17.5 Å². The predicted octanol–water partition coefficient (Wildman–Crippen LogP) is 3.44. The maximum absolute atomic E-state index is 12.1. The number of ether oxygens (including phenoxy) is 2. The lowest BCUT2D eigenvalue weighted by molar-refractivity contribution is -0.120. The SMILES string of the molecule is Cc1cc(C)cc(Oc2ccc(NC(=O)C3COCCN3)cc2)c1.Cl. The Labute approximate surface area is 154 Å². The van der Waals surface area contributed by atoms with Gasteiger partial charge < -0.3 is 20.1 Å². The van der Waals surface area contributed by atoms with Crippen LogP contribution in [0.1, 0.15) is 11.1 Å². The summed E-state index contributed by atoms with van der Waals surface area (Å²) in [6.45, 7) is 5.83. The number of morpholine rings is 1. The number of benzene rings is 2. The van der Waals surface area contributed by atoms with E-state index in [1.807, 2.05) is 50.2 Å². The first kappa shape index (κ1) is 19.2. The highest BCUT2D eigenvalue weighted by Gasteiger charge is 2.20. The summed E-state index contributed by atoms with van der Waals surface area (Å²) in [7, 11) is 0. The first-order valence-corrected chi connectivity index (χ1v) is 8.08. The van der Waals surface area contributed by atoms with E-state index in [-0.39, 0.29) is 24.4 Å². The van der Waals surface area contributed by atoms with Crippen molar-refractivity contribution in [1.29, 1.82) is 0 Å².